The fourth-order valence-corrected chi connectivity index (χ4v) is 3.28. The zero-order chi connectivity index (χ0) is 17.8. The molecule has 0 unspecified atom stereocenters. The molecule has 8 nitrogen and oxygen atoms in total. The molecular formula is C16H21N5O3S. The predicted octanol–water partition coefficient (Wildman–Crippen LogP) is 1.62. The topological polar surface area (TPSA) is 104 Å². The van der Waals surface area contributed by atoms with E-state index in [1.807, 2.05) is 22.8 Å². The Kier molecular flexibility index (Phi) is 5.32. The maximum absolute atomic E-state index is 12.1. The van der Waals surface area contributed by atoms with Crippen molar-refractivity contribution in [3.63, 3.8) is 0 Å². The Hall–Kier alpha value is -2.42. The summed E-state index contributed by atoms with van der Waals surface area (Å²) in [5.74, 6) is 1.89. The number of amides is 1. The molecule has 1 amide bonds. The molecule has 0 spiro atoms. The molecule has 0 atom stereocenters. The molecule has 134 valence electrons. The van der Waals surface area contributed by atoms with Gasteiger partial charge >= 0.3 is 0 Å². The molecule has 1 saturated carbocycles. The van der Waals surface area contributed by atoms with Crippen LogP contribution in [-0.2, 0) is 11.3 Å². The van der Waals surface area contributed by atoms with E-state index in [-0.39, 0.29) is 11.7 Å². The summed E-state index contributed by atoms with van der Waals surface area (Å²) in [5.41, 5.74) is 6.76. The van der Waals surface area contributed by atoms with Gasteiger partial charge in [-0.05, 0) is 30.5 Å². The first kappa shape index (κ1) is 17.4. The average molecular weight is 363 g/mol. The third-order valence-corrected chi connectivity index (χ3v) is 4.82. The molecule has 2 aromatic rings. The summed E-state index contributed by atoms with van der Waals surface area (Å²) in [6, 6.07) is 5.93. The number of hydrogen-bond acceptors (Lipinski definition) is 7. The van der Waals surface area contributed by atoms with Gasteiger partial charge in [-0.1, -0.05) is 17.8 Å². The molecule has 3 N–H and O–H groups in total. The largest absolute Gasteiger partial charge is 0.493 e. The van der Waals surface area contributed by atoms with E-state index in [1.54, 1.807) is 14.2 Å². The number of methoxy groups -OCH3 is 2. The molecule has 3 rings (SSSR count). The highest BCUT2D eigenvalue weighted by atomic mass is 32.2. The van der Waals surface area contributed by atoms with Crippen LogP contribution in [0, 0.1) is 0 Å². The van der Waals surface area contributed by atoms with E-state index in [4.69, 9.17) is 15.2 Å². The minimum absolute atomic E-state index is 0.0799. The first-order valence-corrected chi connectivity index (χ1v) is 8.91. The van der Waals surface area contributed by atoms with Gasteiger partial charge in [0.05, 0.1) is 20.0 Å². The van der Waals surface area contributed by atoms with E-state index in [0.717, 1.165) is 18.4 Å². The van der Waals surface area contributed by atoms with Crippen LogP contribution >= 0.6 is 11.8 Å². The van der Waals surface area contributed by atoms with Crippen LogP contribution < -0.4 is 20.5 Å². The maximum Gasteiger partial charge on any atom is 0.230 e. The van der Waals surface area contributed by atoms with Gasteiger partial charge in [-0.3, -0.25) is 9.36 Å². The van der Waals surface area contributed by atoms with Crippen molar-refractivity contribution >= 4 is 23.6 Å². The van der Waals surface area contributed by atoms with Crippen LogP contribution in [0.15, 0.2) is 23.4 Å². The first-order chi connectivity index (χ1) is 12.1. The van der Waals surface area contributed by atoms with Gasteiger partial charge in [-0.15, -0.1) is 10.2 Å². The third kappa shape index (κ3) is 4.16. The van der Waals surface area contributed by atoms with Crippen LogP contribution in [0.4, 0.5) is 5.95 Å². The van der Waals surface area contributed by atoms with E-state index in [0.29, 0.717) is 35.2 Å². The number of rotatable bonds is 8. The zero-order valence-electron chi connectivity index (χ0n) is 14.2. The van der Waals surface area contributed by atoms with Crippen molar-refractivity contribution in [1.29, 1.82) is 0 Å². The lowest BCUT2D eigenvalue weighted by Gasteiger charge is -2.10. The SMILES string of the molecule is COc1ccc(CNC(=O)CSc2nnc(N)n2C2CC2)cc1OC. The molecule has 1 aliphatic carbocycles. The van der Waals surface area contributed by atoms with Crippen LogP contribution in [0.25, 0.3) is 0 Å². The average Bonchev–Trinajstić information content (AvgIpc) is 3.40. The number of thioether (sulfide) groups is 1. The summed E-state index contributed by atoms with van der Waals surface area (Å²) in [4.78, 5) is 12.1. The quantitative estimate of drug-likeness (QED) is 0.687. The third-order valence-electron chi connectivity index (χ3n) is 3.87. The molecule has 1 aliphatic rings. The second-order valence-corrected chi connectivity index (χ2v) is 6.64. The normalized spacial score (nSPS) is 13.5. The van der Waals surface area contributed by atoms with Crippen molar-refractivity contribution in [1.82, 2.24) is 20.1 Å². The highest BCUT2D eigenvalue weighted by molar-refractivity contribution is 7.99. The number of anilines is 1. The Morgan fingerprint density at radius 2 is 2.08 bits per heavy atom. The van der Waals surface area contributed by atoms with Crippen molar-refractivity contribution < 1.29 is 14.3 Å². The second kappa shape index (κ2) is 7.64. The standard InChI is InChI=1S/C16H21N5O3S/c1-23-12-6-3-10(7-13(12)24-2)8-18-14(22)9-25-16-20-19-15(17)21(16)11-4-5-11/h3,6-7,11H,4-5,8-9H2,1-2H3,(H2,17,19)(H,18,22). The second-order valence-electron chi connectivity index (χ2n) is 5.70. The molecule has 1 fully saturated rings. The summed E-state index contributed by atoms with van der Waals surface area (Å²) in [6.07, 6.45) is 2.17. The van der Waals surface area contributed by atoms with Crippen LogP contribution in [0.2, 0.25) is 0 Å². The van der Waals surface area contributed by atoms with Gasteiger partial charge in [0.25, 0.3) is 0 Å². The van der Waals surface area contributed by atoms with E-state index in [2.05, 4.69) is 15.5 Å². The van der Waals surface area contributed by atoms with E-state index in [9.17, 15) is 4.79 Å². The number of nitrogens with one attached hydrogen (secondary N) is 1. The molecule has 25 heavy (non-hydrogen) atoms. The van der Waals surface area contributed by atoms with Crippen LogP contribution in [0.1, 0.15) is 24.4 Å². The van der Waals surface area contributed by atoms with Gasteiger partial charge in [0, 0.05) is 12.6 Å². The number of carbonyl (C=O) groups is 1. The van der Waals surface area contributed by atoms with Gasteiger partial charge < -0.3 is 20.5 Å². The lowest BCUT2D eigenvalue weighted by atomic mass is 10.2. The smallest absolute Gasteiger partial charge is 0.230 e. The molecule has 0 saturated heterocycles. The first-order valence-electron chi connectivity index (χ1n) is 7.93. The van der Waals surface area contributed by atoms with Crippen LogP contribution in [-0.4, -0.2) is 40.6 Å². The van der Waals surface area contributed by atoms with Crippen molar-refractivity contribution in [2.45, 2.75) is 30.6 Å². The molecule has 0 aliphatic heterocycles. The number of aromatic nitrogens is 3. The highest BCUT2D eigenvalue weighted by Crippen LogP contribution is 2.39. The van der Waals surface area contributed by atoms with Gasteiger partial charge in [-0.2, -0.15) is 0 Å². The predicted molar refractivity (Wildman–Crippen MR) is 94.8 cm³/mol. The van der Waals surface area contributed by atoms with E-state index in [1.165, 1.54) is 11.8 Å². The lowest BCUT2D eigenvalue weighted by Crippen LogP contribution is -2.24. The molecular weight excluding hydrogens is 342 g/mol. The Balaban J connectivity index is 1.52. The van der Waals surface area contributed by atoms with Gasteiger partial charge in [0.2, 0.25) is 11.9 Å². The lowest BCUT2D eigenvalue weighted by molar-refractivity contribution is -0.118. The minimum Gasteiger partial charge on any atom is -0.493 e. The Labute approximate surface area is 150 Å². The number of benzene rings is 1. The molecule has 9 heteroatoms. The van der Waals surface area contributed by atoms with Gasteiger partial charge in [-0.25, -0.2) is 0 Å². The van der Waals surface area contributed by atoms with Crippen molar-refractivity contribution in [2.24, 2.45) is 0 Å². The van der Waals surface area contributed by atoms with E-state index < -0.39 is 0 Å². The van der Waals surface area contributed by atoms with E-state index >= 15 is 0 Å². The van der Waals surface area contributed by atoms with Gasteiger partial charge in [0.15, 0.2) is 16.7 Å². The molecule has 1 heterocycles. The maximum atomic E-state index is 12.1. The number of ether oxygens (including phenoxy) is 2. The number of nitrogen functional groups attached to an aromatic ring is 1. The van der Waals surface area contributed by atoms with Crippen LogP contribution in [0.5, 0.6) is 11.5 Å². The molecule has 1 aromatic carbocycles. The Morgan fingerprint density at radius 3 is 2.76 bits per heavy atom. The Bertz CT molecular complexity index is 760. The number of carbonyl (C=O) groups excluding carboxylic acids is 1. The van der Waals surface area contributed by atoms with Gasteiger partial charge in [0.1, 0.15) is 0 Å². The molecule has 1 aromatic heterocycles. The monoisotopic (exact) mass is 363 g/mol. The summed E-state index contributed by atoms with van der Waals surface area (Å²) >= 11 is 1.35. The zero-order valence-corrected chi connectivity index (χ0v) is 15.0. The fourth-order valence-electron chi connectivity index (χ4n) is 2.44. The van der Waals surface area contributed by atoms with Crippen molar-refractivity contribution in [3.05, 3.63) is 23.8 Å². The summed E-state index contributed by atoms with van der Waals surface area (Å²) < 4.78 is 12.4. The molecule has 0 radical (unpaired) electrons. The number of nitrogens with zero attached hydrogens (tertiary/aromatic N) is 3. The fraction of sp³-hybridized carbons (Fsp3) is 0.438. The van der Waals surface area contributed by atoms with Crippen molar-refractivity contribution in [2.75, 3.05) is 25.7 Å². The number of hydrogen-bond donors (Lipinski definition) is 2. The van der Waals surface area contributed by atoms with Crippen LogP contribution in [0.3, 0.4) is 0 Å². The summed E-state index contributed by atoms with van der Waals surface area (Å²) in [5, 5.41) is 11.5. The Morgan fingerprint density at radius 1 is 1.32 bits per heavy atom. The number of nitrogens with two attached hydrogens (primary N) is 1. The summed E-state index contributed by atoms with van der Waals surface area (Å²) in [6.45, 7) is 0.414. The van der Waals surface area contributed by atoms with Crippen molar-refractivity contribution in [3.8, 4) is 11.5 Å². The minimum atomic E-state index is -0.0799. The highest BCUT2D eigenvalue weighted by Gasteiger charge is 2.29. The summed E-state index contributed by atoms with van der Waals surface area (Å²) in [7, 11) is 3.17. The molecule has 0 bridgehead atoms.